The summed E-state index contributed by atoms with van der Waals surface area (Å²) in [5.74, 6) is 1.05. The van der Waals surface area contributed by atoms with Crippen LogP contribution < -0.4 is 0 Å². The molecular weight excluding hydrogens is 242 g/mol. The van der Waals surface area contributed by atoms with Gasteiger partial charge >= 0.3 is 0 Å². The van der Waals surface area contributed by atoms with E-state index in [9.17, 15) is 0 Å². The van der Waals surface area contributed by atoms with Gasteiger partial charge in [-0.1, -0.05) is 6.07 Å². The highest BCUT2D eigenvalue weighted by Gasteiger charge is 2.06. The van der Waals surface area contributed by atoms with Crippen LogP contribution in [0.4, 0.5) is 0 Å². The SMILES string of the molecule is c1csc(-c2nccn2CCc2ccncc2)c1. The zero-order chi connectivity index (χ0) is 12.2. The molecule has 0 aliphatic heterocycles. The largest absolute Gasteiger partial charge is 0.330 e. The average molecular weight is 255 g/mol. The van der Waals surface area contributed by atoms with Crippen LogP contribution in [0, 0.1) is 0 Å². The molecule has 0 radical (unpaired) electrons. The maximum absolute atomic E-state index is 4.43. The number of nitrogens with zero attached hydrogens (tertiary/aromatic N) is 3. The fourth-order valence-electron chi connectivity index (χ4n) is 1.92. The average Bonchev–Trinajstić information content (AvgIpc) is 3.08. The Balaban J connectivity index is 1.76. The third-order valence-corrected chi connectivity index (χ3v) is 3.71. The smallest absolute Gasteiger partial charge is 0.149 e. The van der Waals surface area contributed by atoms with Crippen molar-refractivity contribution in [2.75, 3.05) is 0 Å². The number of hydrogen-bond donors (Lipinski definition) is 0. The Hall–Kier alpha value is -1.94. The van der Waals surface area contributed by atoms with Crippen molar-refractivity contribution in [3.8, 4) is 10.7 Å². The molecule has 3 aromatic heterocycles. The molecule has 0 saturated carbocycles. The second-order valence-electron chi connectivity index (χ2n) is 4.03. The van der Waals surface area contributed by atoms with Crippen molar-refractivity contribution in [2.45, 2.75) is 13.0 Å². The number of rotatable bonds is 4. The molecule has 0 fully saturated rings. The summed E-state index contributed by atoms with van der Waals surface area (Å²) in [7, 11) is 0. The Kier molecular flexibility index (Phi) is 3.19. The van der Waals surface area contributed by atoms with E-state index in [2.05, 4.69) is 44.2 Å². The van der Waals surface area contributed by atoms with Crippen LogP contribution in [0.5, 0.6) is 0 Å². The second-order valence-corrected chi connectivity index (χ2v) is 4.97. The van der Waals surface area contributed by atoms with Gasteiger partial charge in [0.1, 0.15) is 5.82 Å². The van der Waals surface area contributed by atoms with Gasteiger partial charge in [0.15, 0.2) is 0 Å². The topological polar surface area (TPSA) is 30.7 Å². The van der Waals surface area contributed by atoms with E-state index in [1.807, 2.05) is 24.8 Å². The van der Waals surface area contributed by atoms with E-state index in [4.69, 9.17) is 0 Å². The van der Waals surface area contributed by atoms with Crippen molar-refractivity contribution >= 4 is 11.3 Å². The lowest BCUT2D eigenvalue weighted by Gasteiger charge is -2.06. The van der Waals surface area contributed by atoms with E-state index >= 15 is 0 Å². The summed E-state index contributed by atoms with van der Waals surface area (Å²) in [4.78, 5) is 9.68. The summed E-state index contributed by atoms with van der Waals surface area (Å²) in [6.07, 6.45) is 8.57. The van der Waals surface area contributed by atoms with Crippen LogP contribution in [0.1, 0.15) is 5.56 Å². The zero-order valence-corrected chi connectivity index (χ0v) is 10.7. The molecule has 0 bridgehead atoms. The lowest BCUT2D eigenvalue weighted by Crippen LogP contribution is -2.01. The standard InChI is InChI=1S/C14H13N3S/c1-2-13(18-11-1)14-16-8-10-17(14)9-5-12-3-6-15-7-4-12/h1-4,6-8,10-11H,5,9H2. The molecule has 0 amide bonds. The maximum atomic E-state index is 4.43. The Labute approximate surface area is 110 Å². The van der Waals surface area contributed by atoms with E-state index in [1.54, 1.807) is 11.3 Å². The quantitative estimate of drug-likeness (QED) is 0.716. The molecule has 0 unspecified atom stereocenters. The molecule has 0 aromatic carbocycles. The van der Waals surface area contributed by atoms with Crippen LogP contribution in [0.15, 0.2) is 54.4 Å². The van der Waals surface area contributed by atoms with Gasteiger partial charge in [-0.3, -0.25) is 4.98 Å². The fraction of sp³-hybridized carbons (Fsp3) is 0.143. The highest BCUT2D eigenvalue weighted by atomic mass is 32.1. The summed E-state index contributed by atoms with van der Waals surface area (Å²) in [5.41, 5.74) is 1.30. The molecule has 3 aromatic rings. The molecule has 3 nitrogen and oxygen atoms in total. The van der Waals surface area contributed by atoms with Crippen molar-refractivity contribution in [3.63, 3.8) is 0 Å². The minimum absolute atomic E-state index is 0.942. The highest BCUT2D eigenvalue weighted by molar-refractivity contribution is 7.13. The van der Waals surface area contributed by atoms with Gasteiger partial charge in [-0.2, -0.15) is 0 Å². The first-order valence-electron chi connectivity index (χ1n) is 5.87. The molecule has 0 N–H and O–H groups in total. The first-order chi connectivity index (χ1) is 8.93. The van der Waals surface area contributed by atoms with Gasteiger partial charge in [0.05, 0.1) is 4.88 Å². The van der Waals surface area contributed by atoms with Crippen molar-refractivity contribution in [2.24, 2.45) is 0 Å². The van der Waals surface area contributed by atoms with Gasteiger partial charge in [-0.25, -0.2) is 4.98 Å². The molecule has 0 spiro atoms. The minimum Gasteiger partial charge on any atom is -0.330 e. The lowest BCUT2D eigenvalue weighted by atomic mass is 10.2. The van der Waals surface area contributed by atoms with Gasteiger partial charge in [-0.05, 0) is 35.6 Å². The molecular formula is C14H13N3S. The summed E-state index contributed by atoms with van der Waals surface area (Å²) in [6.45, 7) is 0.942. The first kappa shape index (κ1) is 11.2. The van der Waals surface area contributed by atoms with Crippen LogP contribution in [-0.2, 0) is 13.0 Å². The van der Waals surface area contributed by atoms with Crippen LogP contribution >= 0.6 is 11.3 Å². The summed E-state index contributed by atoms with van der Waals surface area (Å²) >= 11 is 1.72. The highest BCUT2D eigenvalue weighted by Crippen LogP contribution is 2.22. The van der Waals surface area contributed by atoms with Crippen LogP contribution in [-0.4, -0.2) is 14.5 Å². The Bertz CT molecular complexity index is 599. The van der Waals surface area contributed by atoms with Gasteiger partial charge in [0.25, 0.3) is 0 Å². The second kappa shape index (κ2) is 5.14. The normalized spacial score (nSPS) is 10.7. The van der Waals surface area contributed by atoms with E-state index in [0.29, 0.717) is 0 Å². The van der Waals surface area contributed by atoms with E-state index in [1.165, 1.54) is 10.4 Å². The third kappa shape index (κ3) is 2.33. The molecule has 90 valence electrons. The number of hydrogen-bond acceptors (Lipinski definition) is 3. The molecule has 18 heavy (non-hydrogen) atoms. The zero-order valence-electron chi connectivity index (χ0n) is 9.86. The number of aromatic nitrogens is 3. The van der Waals surface area contributed by atoms with Crippen LogP contribution in [0.25, 0.3) is 10.7 Å². The molecule has 3 heterocycles. The van der Waals surface area contributed by atoms with E-state index < -0.39 is 0 Å². The van der Waals surface area contributed by atoms with Crippen molar-refractivity contribution < 1.29 is 0 Å². The lowest BCUT2D eigenvalue weighted by molar-refractivity contribution is 0.703. The number of imidazole rings is 1. The van der Waals surface area contributed by atoms with E-state index in [-0.39, 0.29) is 0 Å². The summed E-state index contributed by atoms with van der Waals surface area (Å²) in [6, 6.07) is 8.28. The number of aryl methyl sites for hydroxylation is 2. The molecule has 0 saturated heterocycles. The Morgan fingerprint density at radius 1 is 1.11 bits per heavy atom. The molecule has 0 aliphatic carbocycles. The van der Waals surface area contributed by atoms with Crippen molar-refractivity contribution in [1.29, 1.82) is 0 Å². The first-order valence-corrected chi connectivity index (χ1v) is 6.75. The predicted octanol–water partition coefficient (Wildman–Crippen LogP) is 3.25. The Morgan fingerprint density at radius 2 is 2.00 bits per heavy atom. The van der Waals surface area contributed by atoms with E-state index in [0.717, 1.165) is 18.8 Å². The number of pyridine rings is 1. The molecule has 3 rings (SSSR count). The summed E-state index contributed by atoms with van der Waals surface area (Å²) < 4.78 is 2.20. The van der Waals surface area contributed by atoms with Crippen LogP contribution in [0.2, 0.25) is 0 Å². The maximum Gasteiger partial charge on any atom is 0.149 e. The molecule has 4 heteroatoms. The Morgan fingerprint density at radius 3 is 2.78 bits per heavy atom. The van der Waals surface area contributed by atoms with Gasteiger partial charge in [0.2, 0.25) is 0 Å². The fourth-order valence-corrected chi connectivity index (χ4v) is 2.66. The minimum atomic E-state index is 0.942. The molecule has 0 atom stereocenters. The van der Waals surface area contributed by atoms with Gasteiger partial charge in [-0.15, -0.1) is 11.3 Å². The van der Waals surface area contributed by atoms with Crippen molar-refractivity contribution in [3.05, 3.63) is 60.0 Å². The summed E-state index contributed by atoms with van der Waals surface area (Å²) in [5, 5.41) is 2.08. The monoisotopic (exact) mass is 255 g/mol. The predicted molar refractivity (Wildman–Crippen MR) is 73.5 cm³/mol. The van der Waals surface area contributed by atoms with Crippen LogP contribution in [0.3, 0.4) is 0 Å². The van der Waals surface area contributed by atoms with Gasteiger partial charge < -0.3 is 4.57 Å². The van der Waals surface area contributed by atoms with Crippen molar-refractivity contribution in [1.82, 2.24) is 14.5 Å². The number of thiophene rings is 1. The van der Waals surface area contributed by atoms with Gasteiger partial charge in [0, 0.05) is 31.3 Å². The third-order valence-electron chi connectivity index (χ3n) is 2.85. The molecule has 0 aliphatic rings.